The first-order valence-corrected chi connectivity index (χ1v) is 24.4. The number of hydrogen-bond acceptors (Lipinski definition) is 12. The topological polar surface area (TPSA) is 140 Å². The maximum Gasteiger partial charge on any atom is 0.161 e. The van der Waals surface area contributed by atoms with Crippen LogP contribution in [0.5, 0.6) is 11.5 Å². The van der Waals surface area contributed by atoms with Crippen LogP contribution in [0.1, 0.15) is 100 Å². The van der Waals surface area contributed by atoms with E-state index >= 15 is 0 Å². The first kappa shape index (κ1) is 52.7. The van der Waals surface area contributed by atoms with Crippen molar-refractivity contribution < 1.29 is 48.1 Å². The summed E-state index contributed by atoms with van der Waals surface area (Å²) in [5.74, 6) is 1.52. The van der Waals surface area contributed by atoms with Gasteiger partial charge in [-0.3, -0.25) is 9.97 Å². The number of hydrogen-bond donors (Lipinski definition) is 2. The third kappa shape index (κ3) is 17.1. The van der Waals surface area contributed by atoms with E-state index < -0.39 is 0 Å². The number of nitrogens with zero attached hydrogens (tertiary/aromatic N) is 2. The molecule has 0 unspecified atom stereocenters. The van der Waals surface area contributed by atoms with Gasteiger partial charge < -0.3 is 48.1 Å². The van der Waals surface area contributed by atoms with Crippen LogP contribution in [0.15, 0.2) is 60.9 Å². The molecule has 0 saturated heterocycles. The largest absolute Gasteiger partial charge is 0.490 e. The number of benzene rings is 3. The van der Waals surface area contributed by atoms with Crippen molar-refractivity contribution in [2.24, 2.45) is 0 Å². The van der Waals surface area contributed by atoms with Crippen molar-refractivity contribution in [3.63, 3.8) is 0 Å². The summed E-state index contributed by atoms with van der Waals surface area (Å²) < 4.78 is 47.6. The van der Waals surface area contributed by atoms with Crippen molar-refractivity contribution in [2.75, 3.05) is 92.5 Å². The highest BCUT2D eigenvalue weighted by atomic mass is 16.6. The van der Waals surface area contributed by atoms with Crippen LogP contribution in [-0.4, -0.2) is 113 Å². The Morgan fingerprint density at radius 1 is 0.424 bits per heavy atom. The van der Waals surface area contributed by atoms with Gasteiger partial charge in [-0.2, -0.15) is 0 Å². The lowest BCUT2D eigenvalue weighted by Crippen LogP contribution is -2.12. The molecule has 0 aliphatic rings. The molecular weight excluding hydrogens is 837 g/mol. The minimum atomic E-state index is -0.0139. The fourth-order valence-corrected chi connectivity index (χ4v) is 7.87. The molecular formula is C54H76N2O10. The summed E-state index contributed by atoms with van der Waals surface area (Å²) in [6.07, 6.45) is 15.4. The van der Waals surface area contributed by atoms with Crippen molar-refractivity contribution >= 4 is 21.8 Å². The molecule has 2 N–H and O–H groups in total. The van der Waals surface area contributed by atoms with Gasteiger partial charge in [-0.15, -0.1) is 0 Å². The number of aliphatic hydroxyl groups is 2. The number of aromatic nitrogens is 2. The number of rotatable bonds is 36. The molecule has 5 rings (SSSR count). The molecule has 66 heavy (non-hydrogen) atoms. The van der Waals surface area contributed by atoms with Crippen molar-refractivity contribution in [1.29, 1.82) is 0 Å². The van der Waals surface area contributed by atoms with Gasteiger partial charge in [-0.25, -0.2) is 0 Å². The zero-order chi connectivity index (χ0) is 46.6. The van der Waals surface area contributed by atoms with Crippen LogP contribution in [0.4, 0.5) is 0 Å². The lowest BCUT2D eigenvalue weighted by atomic mass is 9.86. The average Bonchev–Trinajstić information content (AvgIpc) is 3.32. The third-order valence-corrected chi connectivity index (χ3v) is 11.3. The fourth-order valence-electron chi connectivity index (χ4n) is 7.87. The van der Waals surface area contributed by atoms with E-state index in [-0.39, 0.29) is 13.2 Å². The second kappa shape index (κ2) is 30.9. The normalized spacial score (nSPS) is 11.6. The fraction of sp³-hybridized carbons (Fsp3) is 0.556. The molecule has 0 saturated carbocycles. The van der Waals surface area contributed by atoms with E-state index in [0.717, 1.165) is 103 Å². The SMILES string of the molecule is CCCCCCCOc1ccc(-c2c(-c3ccc(COCCOCCOCCO)c(COCCOCCOCCO)c3)c3cc(C)cnc3c3ncc(C)cc23)cc1OCCCCCCC. The zero-order valence-electron chi connectivity index (χ0n) is 40.2. The Hall–Kier alpha value is -4.24. The summed E-state index contributed by atoms with van der Waals surface area (Å²) in [4.78, 5) is 10.1. The standard InChI is InChI=1S/C54H76N2O10/c1-5-7-9-11-13-21-65-49-18-17-44(36-50(49)66-22-14-12-10-8-6-2)52-48-34-42(4)38-56-54(48)53-47(33-41(3)37-55-53)51(52)43-15-16-45(39-63-31-29-61-27-25-59-23-19-57)46(35-43)40-64-32-30-62-28-26-60-24-20-58/h15-18,33-38,57-58H,5-14,19-32,39-40H2,1-4H3. The van der Waals surface area contributed by atoms with E-state index in [2.05, 4.69) is 76.2 Å². The first-order chi connectivity index (χ1) is 32.5. The van der Waals surface area contributed by atoms with Crippen molar-refractivity contribution in [2.45, 2.75) is 105 Å². The molecule has 362 valence electrons. The Morgan fingerprint density at radius 3 is 1.38 bits per heavy atom. The van der Waals surface area contributed by atoms with Gasteiger partial charge >= 0.3 is 0 Å². The highest BCUT2D eigenvalue weighted by molar-refractivity contribution is 6.19. The minimum Gasteiger partial charge on any atom is -0.490 e. The summed E-state index contributed by atoms with van der Waals surface area (Å²) in [5.41, 5.74) is 9.91. The van der Waals surface area contributed by atoms with Crippen molar-refractivity contribution in [1.82, 2.24) is 9.97 Å². The number of unbranched alkanes of at least 4 members (excludes halogenated alkanes) is 8. The monoisotopic (exact) mass is 913 g/mol. The van der Waals surface area contributed by atoms with Crippen molar-refractivity contribution in [3.05, 3.63) is 83.2 Å². The predicted molar refractivity (Wildman–Crippen MR) is 263 cm³/mol. The highest BCUT2D eigenvalue weighted by Crippen LogP contribution is 2.46. The van der Waals surface area contributed by atoms with Crippen LogP contribution in [0.2, 0.25) is 0 Å². The van der Waals surface area contributed by atoms with Gasteiger partial charge in [0.2, 0.25) is 0 Å². The van der Waals surface area contributed by atoms with Gasteiger partial charge in [0.15, 0.2) is 11.5 Å². The molecule has 0 aliphatic carbocycles. The summed E-state index contributed by atoms with van der Waals surface area (Å²) in [6, 6.07) is 17.4. The molecule has 12 heteroatoms. The molecule has 12 nitrogen and oxygen atoms in total. The van der Waals surface area contributed by atoms with Crippen LogP contribution >= 0.6 is 0 Å². The maximum absolute atomic E-state index is 8.99. The number of pyridine rings is 2. The van der Waals surface area contributed by atoms with Crippen LogP contribution in [-0.2, 0) is 41.6 Å². The molecule has 0 atom stereocenters. The van der Waals surface area contributed by atoms with E-state index in [9.17, 15) is 0 Å². The van der Waals surface area contributed by atoms with E-state index in [0.29, 0.717) is 92.5 Å². The first-order valence-electron chi connectivity index (χ1n) is 24.4. The molecule has 2 aromatic heterocycles. The second-order valence-electron chi connectivity index (χ2n) is 16.7. The Balaban J connectivity index is 1.54. The Morgan fingerprint density at radius 2 is 0.864 bits per heavy atom. The second-order valence-corrected chi connectivity index (χ2v) is 16.7. The van der Waals surface area contributed by atoms with E-state index in [1.807, 2.05) is 12.4 Å². The zero-order valence-corrected chi connectivity index (χ0v) is 40.2. The highest BCUT2D eigenvalue weighted by Gasteiger charge is 2.22. The molecule has 3 aromatic carbocycles. The lowest BCUT2D eigenvalue weighted by Gasteiger charge is -2.21. The van der Waals surface area contributed by atoms with Gasteiger partial charge in [0.05, 0.1) is 117 Å². The number of ether oxygens (including phenoxy) is 8. The quantitative estimate of drug-likeness (QED) is 0.0292. The van der Waals surface area contributed by atoms with Crippen LogP contribution in [0.3, 0.4) is 0 Å². The Kier molecular flexibility index (Phi) is 24.7. The van der Waals surface area contributed by atoms with Crippen LogP contribution < -0.4 is 9.47 Å². The Labute approximate surface area is 393 Å². The summed E-state index contributed by atoms with van der Waals surface area (Å²) >= 11 is 0. The minimum absolute atomic E-state index is 0.00967. The van der Waals surface area contributed by atoms with Crippen LogP contribution in [0.25, 0.3) is 44.1 Å². The summed E-state index contributed by atoms with van der Waals surface area (Å²) in [5, 5.41) is 20.0. The molecule has 0 amide bonds. The molecule has 0 fully saturated rings. The summed E-state index contributed by atoms with van der Waals surface area (Å²) in [7, 11) is 0. The molecule has 5 aromatic rings. The number of aliphatic hydroxyl groups excluding tert-OH is 2. The Bertz CT molecular complexity index is 2150. The number of fused-ring (bicyclic) bond motifs is 3. The van der Waals surface area contributed by atoms with E-state index in [1.54, 1.807) is 0 Å². The third-order valence-electron chi connectivity index (χ3n) is 11.3. The van der Waals surface area contributed by atoms with Crippen LogP contribution in [0, 0.1) is 13.8 Å². The molecule has 0 aliphatic heterocycles. The molecule has 0 bridgehead atoms. The van der Waals surface area contributed by atoms with Gasteiger partial charge in [0, 0.05) is 23.2 Å². The van der Waals surface area contributed by atoms with Gasteiger partial charge in [-0.1, -0.05) is 83.4 Å². The van der Waals surface area contributed by atoms with Gasteiger partial charge in [0.1, 0.15) is 0 Å². The van der Waals surface area contributed by atoms with E-state index in [1.165, 1.54) is 38.5 Å². The average molecular weight is 913 g/mol. The molecule has 0 spiro atoms. The molecule has 0 radical (unpaired) electrons. The predicted octanol–water partition coefficient (Wildman–Crippen LogP) is 10.5. The lowest BCUT2D eigenvalue weighted by molar-refractivity contribution is 0.00162. The maximum atomic E-state index is 8.99. The van der Waals surface area contributed by atoms with Gasteiger partial charge in [-0.05, 0) is 102 Å². The smallest absolute Gasteiger partial charge is 0.161 e. The number of aryl methyl sites for hydroxylation is 2. The van der Waals surface area contributed by atoms with E-state index in [4.69, 9.17) is 58.1 Å². The summed E-state index contributed by atoms with van der Waals surface area (Å²) in [6.45, 7) is 14.5. The molecule has 2 heterocycles. The van der Waals surface area contributed by atoms with Crippen molar-refractivity contribution in [3.8, 4) is 33.8 Å². The van der Waals surface area contributed by atoms with Gasteiger partial charge in [0.25, 0.3) is 0 Å².